The maximum absolute atomic E-state index is 13.8. The first-order valence-electron chi connectivity index (χ1n) is 7.44. The van der Waals surface area contributed by atoms with Gasteiger partial charge in [0.2, 0.25) is 5.91 Å². The average Bonchev–Trinajstić information content (AvgIpc) is 3.31. The largest absolute Gasteiger partial charge is 0.335 e. The monoisotopic (exact) mass is 273 g/mol. The molecule has 0 spiro atoms. The fraction of sp³-hybridized carbons (Fsp3) is 0.471. The summed E-state index contributed by atoms with van der Waals surface area (Å²) < 4.78 is 13.8. The quantitative estimate of drug-likeness (QED) is 0.766. The van der Waals surface area contributed by atoms with Crippen LogP contribution in [0.4, 0.5) is 4.39 Å². The molecule has 3 heteroatoms. The van der Waals surface area contributed by atoms with Crippen LogP contribution >= 0.6 is 0 Å². The Labute approximate surface area is 119 Å². The normalized spacial score (nSPS) is 21.8. The number of hydrogen-bond acceptors (Lipinski definition) is 1. The van der Waals surface area contributed by atoms with Gasteiger partial charge in [0.25, 0.3) is 0 Å². The molecule has 1 amide bonds. The van der Waals surface area contributed by atoms with Gasteiger partial charge in [-0.1, -0.05) is 30.4 Å². The lowest BCUT2D eigenvalue weighted by atomic mass is 9.93. The van der Waals surface area contributed by atoms with Crippen molar-refractivity contribution in [2.75, 3.05) is 0 Å². The molecule has 1 atom stereocenters. The van der Waals surface area contributed by atoms with Crippen molar-refractivity contribution < 1.29 is 9.18 Å². The molecule has 1 saturated carbocycles. The van der Waals surface area contributed by atoms with Crippen molar-refractivity contribution in [1.82, 2.24) is 4.90 Å². The summed E-state index contributed by atoms with van der Waals surface area (Å²) in [5, 5.41) is 0. The lowest BCUT2D eigenvalue weighted by Crippen LogP contribution is -2.38. The van der Waals surface area contributed by atoms with Gasteiger partial charge in [0, 0.05) is 24.1 Å². The minimum atomic E-state index is -0.213. The second-order valence-electron chi connectivity index (χ2n) is 5.77. The van der Waals surface area contributed by atoms with Crippen LogP contribution < -0.4 is 0 Å². The van der Waals surface area contributed by atoms with E-state index in [1.165, 1.54) is 6.07 Å². The number of amides is 1. The van der Waals surface area contributed by atoms with Crippen LogP contribution in [0.25, 0.3) is 0 Å². The Morgan fingerprint density at radius 1 is 1.20 bits per heavy atom. The first-order valence-corrected chi connectivity index (χ1v) is 7.44. The summed E-state index contributed by atoms with van der Waals surface area (Å²) in [7, 11) is 0. The van der Waals surface area contributed by atoms with E-state index in [2.05, 4.69) is 12.2 Å². The molecule has 2 aliphatic carbocycles. The fourth-order valence-electron chi connectivity index (χ4n) is 2.84. The Kier molecular flexibility index (Phi) is 3.86. The van der Waals surface area contributed by atoms with Crippen LogP contribution in [0.5, 0.6) is 0 Å². The number of carbonyl (C=O) groups is 1. The molecule has 1 aromatic rings. The Balaban J connectivity index is 1.74. The molecule has 20 heavy (non-hydrogen) atoms. The Bertz CT molecular complexity index is 521. The van der Waals surface area contributed by atoms with Gasteiger partial charge in [-0.15, -0.1) is 0 Å². The van der Waals surface area contributed by atoms with Gasteiger partial charge in [-0.3, -0.25) is 4.79 Å². The van der Waals surface area contributed by atoms with Crippen LogP contribution in [0.2, 0.25) is 0 Å². The number of hydrogen-bond donors (Lipinski definition) is 0. The van der Waals surface area contributed by atoms with Crippen LogP contribution in [0.1, 0.15) is 37.7 Å². The third-order valence-electron chi connectivity index (χ3n) is 4.19. The molecule has 1 fully saturated rings. The van der Waals surface area contributed by atoms with Crippen LogP contribution in [-0.4, -0.2) is 16.8 Å². The zero-order valence-electron chi connectivity index (χ0n) is 11.6. The summed E-state index contributed by atoms with van der Waals surface area (Å²) in [5.74, 6) is 0.0852. The van der Waals surface area contributed by atoms with Gasteiger partial charge in [-0.05, 0) is 38.2 Å². The van der Waals surface area contributed by atoms with Gasteiger partial charge in [0.15, 0.2) is 0 Å². The summed E-state index contributed by atoms with van der Waals surface area (Å²) in [6.45, 7) is 0.413. The summed E-state index contributed by atoms with van der Waals surface area (Å²) in [4.78, 5) is 14.6. The molecule has 2 aliphatic rings. The highest BCUT2D eigenvalue weighted by atomic mass is 19.1. The molecular weight excluding hydrogens is 253 g/mol. The van der Waals surface area contributed by atoms with E-state index >= 15 is 0 Å². The van der Waals surface area contributed by atoms with E-state index in [-0.39, 0.29) is 17.6 Å². The van der Waals surface area contributed by atoms with E-state index in [1.807, 2.05) is 11.0 Å². The van der Waals surface area contributed by atoms with Crippen LogP contribution in [0.15, 0.2) is 36.4 Å². The maximum atomic E-state index is 13.8. The summed E-state index contributed by atoms with van der Waals surface area (Å²) >= 11 is 0. The van der Waals surface area contributed by atoms with Crippen molar-refractivity contribution in [3.63, 3.8) is 0 Å². The Hall–Kier alpha value is -1.64. The molecule has 0 bridgehead atoms. The lowest BCUT2D eigenvalue weighted by Gasteiger charge is -2.28. The van der Waals surface area contributed by atoms with E-state index < -0.39 is 0 Å². The predicted molar refractivity (Wildman–Crippen MR) is 76.5 cm³/mol. The smallest absolute Gasteiger partial charge is 0.226 e. The van der Waals surface area contributed by atoms with Crippen LogP contribution in [-0.2, 0) is 11.3 Å². The Morgan fingerprint density at radius 3 is 2.65 bits per heavy atom. The first-order chi connectivity index (χ1) is 9.75. The van der Waals surface area contributed by atoms with Crippen molar-refractivity contribution in [2.24, 2.45) is 5.92 Å². The second kappa shape index (κ2) is 5.78. The topological polar surface area (TPSA) is 20.3 Å². The zero-order valence-corrected chi connectivity index (χ0v) is 11.6. The highest BCUT2D eigenvalue weighted by Crippen LogP contribution is 2.32. The number of allylic oxidation sites excluding steroid dienone is 2. The molecular formula is C17H20FNO. The number of carbonyl (C=O) groups excluding carboxylic acids is 1. The van der Waals surface area contributed by atoms with Gasteiger partial charge >= 0.3 is 0 Å². The molecule has 2 nitrogen and oxygen atoms in total. The van der Waals surface area contributed by atoms with E-state index in [4.69, 9.17) is 0 Å². The lowest BCUT2D eigenvalue weighted by molar-refractivity contribution is -0.137. The molecule has 1 aromatic carbocycles. The van der Waals surface area contributed by atoms with E-state index in [1.54, 1.807) is 12.1 Å². The van der Waals surface area contributed by atoms with Crippen molar-refractivity contribution in [3.8, 4) is 0 Å². The molecule has 0 radical (unpaired) electrons. The number of nitrogens with zero attached hydrogens (tertiary/aromatic N) is 1. The predicted octanol–water partition coefficient (Wildman–Crippen LogP) is 3.67. The molecule has 0 heterocycles. The summed E-state index contributed by atoms with van der Waals surface area (Å²) in [6.07, 6.45) is 9.09. The fourth-order valence-corrected chi connectivity index (χ4v) is 2.84. The molecule has 0 N–H and O–H groups in total. The van der Waals surface area contributed by atoms with Crippen molar-refractivity contribution in [2.45, 2.75) is 44.7 Å². The number of rotatable bonds is 4. The standard InChI is InChI=1S/C17H20FNO/c18-16-9-5-4-8-14(16)12-19(15-10-11-15)17(20)13-6-2-1-3-7-13/h1-2,4-5,8-9,13,15H,3,6-7,10-12H2. The van der Waals surface area contributed by atoms with E-state index in [0.717, 1.165) is 32.1 Å². The summed E-state index contributed by atoms with van der Waals surface area (Å²) in [6, 6.07) is 7.09. The molecule has 3 rings (SSSR count). The van der Waals surface area contributed by atoms with Crippen LogP contribution in [0.3, 0.4) is 0 Å². The number of halogens is 1. The van der Waals surface area contributed by atoms with Gasteiger partial charge in [-0.2, -0.15) is 0 Å². The van der Waals surface area contributed by atoms with Gasteiger partial charge < -0.3 is 4.90 Å². The third-order valence-corrected chi connectivity index (χ3v) is 4.19. The molecule has 1 unspecified atom stereocenters. The maximum Gasteiger partial charge on any atom is 0.226 e. The minimum Gasteiger partial charge on any atom is -0.335 e. The van der Waals surface area contributed by atoms with Crippen molar-refractivity contribution >= 4 is 5.91 Å². The van der Waals surface area contributed by atoms with Gasteiger partial charge in [0.1, 0.15) is 5.82 Å². The van der Waals surface area contributed by atoms with E-state index in [0.29, 0.717) is 18.2 Å². The Morgan fingerprint density at radius 2 is 2.00 bits per heavy atom. The van der Waals surface area contributed by atoms with Gasteiger partial charge in [0.05, 0.1) is 0 Å². The van der Waals surface area contributed by atoms with Crippen LogP contribution in [0, 0.1) is 11.7 Å². The highest BCUT2D eigenvalue weighted by molar-refractivity contribution is 5.79. The second-order valence-corrected chi connectivity index (χ2v) is 5.77. The highest BCUT2D eigenvalue weighted by Gasteiger charge is 2.35. The van der Waals surface area contributed by atoms with Gasteiger partial charge in [-0.25, -0.2) is 4.39 Å². The average molecular weight is 273 g/mol. The molecule has 0 saturated heterocycles. The molecule has 106 valence electrons. The first kappa shape index (κ1) is 13.3. The van der Waals surface area contributed by atoms with E-state index in [9.17, 15) is 9.18 Å². The molecule has 0 aliphatic heterocycles. The SMILES string of the molecule is O=C(C1CC=CCC1)N(Cc1ccccc1F)C1CC1. The van der Waals surface area contributed by atoms with Crippen molar-refractivity contribution in [3.05, 3.63) is 47.8 Å². The zero-order chi connectivity index (χ0) is 13.9. The number of benzene rings is 1. The summed E-state index contributed by atoms with van der Waals surface area (Å²) in [5.41, 5.74) is 0.624. The minimum absolute atomic E-state index is 0.0902. The third kappa shape index (κ3) is 2.92. The van der Waals surface area contributed by atoms with Crippen molar-refractivity contribution in [1.29, 1.82) is 0 Å². The molecule has 0 aromatic heterocycles.